The van der Waals surface area contributed by atoms with Crippen LogP contribution in [0.25, 0.3) is 0 Å². The molecule has 0 aliphatic carbocycles. The lowest BCUT2D eigenvalue weighted by atomic mass is 10.4. The van der Waals surface area contributed by atoms with Gasteiger partial charge in [0, 0.05) is 10.9 Å². The summed E-state index contributed by atoms with van der Waals surface area (Å²) in [4.78, 5) is 13.5. The van der Waals surface area contributed by atoms with E-state index in [1.54, 1.807) is 0 Å². The summed E-state index contributed by atoms with van der Waals surface area (Å²) in [5, 5.41) is 14.2. The number of hydrogen-bond donors (Lipinski definition) is 0. The SMILES string of the molecule is CCCCSC[C@H]1Cn2nc([N+](=O)[O-])nc2O1. The number of unbranched alkanes of at least 4 members (excludes halogenated alkanes) is 1. The molecule has 2 heterocycles. The molecule has 0 amide bonds. The van der Waals surface area contributed by atoms with Crippen molar-refractivity contribution in [3.8, 4) is 6.01 Å². The van der Waals surface area contributed by atoms with Crippen LogP contribution in [-0.2, 0) is 6.54 Å². The highest BCUT2D eigenvalue weighted by Gasteiger charge is 2.33. The molecule has 94 valence electrons. The molecule has 0 bridgehead atoms. The highest BCUT2D eigenvalue weighted by Crippen LogP contribution is 2.23. The zero-order valence-electron chi connectivity index (χ0n) is 9.53. The van der Waals surface area contributed by atoms with Crippen molar-refractivity contribution in [3.63, 3.8) is 0 Å². The van der Waals surface area contributed by atoms with E-state index < -0.39 is 10.9 Å². The fourth-order valence-corrected chi connectivity index (χ4v) is 2.62. The maximum Gasteiger partial charge on any atom is 0.494 e. The van der Waals surface area contributed by atoms with Crippen LogP contribution in [-0.4, -0.2) is 37.3 Å². The molecule has 7 nitrogen and oxygen atoms in total. The Hall–Kier alpha value is -1.31. The second kappa shape index (κ2) is 5.35. The summed E-state index contributed by atoms with van der Waals surface area (Å²) in [6, 6.07) is 0.262. The number of hydrogen-bond acceptors (Lipinski definition) is 6. The molecular weight excluding hydrogens is 244 g/mol. The summed E-state index contributed by atoms with van der Waals surface area (Å²) < 4.78 is 6.94. The first-order valence-corrected chi connectivity index (χ1v) is 6.69. The van der Waals surface area contributed by atoms with E-state index in [0.717, 1.165) is 11.5 Å². The standard InChI is InChI=1S/C9H14N4O3S/c1-2-3-4-17-6-7-5-12-9(16-7)10-8(11-12)13(14)15/h7H,2-6H2,1H3/t7-/m1/s1. The van der Waals surface area contributed by atoms with Crippen molar-refractivity contribution in [1.82, 2.24) is 14.8 Å². The number of nitrogens with zero attached hydrogens (tertiary/aromatic N) is 4. The van der Waals surface area contributed by atoms with Gasteiger partial charge in [0.05, 0.1) is 0 Å². The van der Waals surface area contributed by atoms with E-state index >= 15 is 0 Å². The summed E-state index contributed by atoms with van der Waals surface area (Å²) in [6.45, 7) is 2.71. The lowest BCUT2D eigenvalue weighted by Gasteiger charge is -2.06. The molecule has 1 aromatic heterocycles. The highest BCUT2D eigenvalue weighted by atomic mass is 32.2. The molecule has 0 saturated carbocycles. The second-order valence-corrected chi connectivity index (χ2v) is 4.95. The van der Waals surface area contributed by atoms with Crippen molar-refractivity contribution in [2.24, 2.45) is 0 Å². The van der Waals surface area contributed by atoms with Crippen LogP contribution < -0.4 is 4.74 Å². The molecule has 0 radical (unpaired) electrons. The van der Waals surface area contributed by atoms with Crippen LogP contribution >= 0.6 is 11.8 Å². The first kappa shape index (κ1) is 12.2. The topological polar surface area (TPSA) is 83.1 Å². The normalized spacial score (nSPS) is 17.8. The summed E-state index contributed by atoms with van der Waals surface area (Å²) in [5.41, 5.74) is 0. The van der Waals surface area contributed by atoms with E-state index in [9.17, 15) is 10.1 Å². The average Bonchev–Trinajstić information content (AvgIpc) is 2.81. The minimum absolute atomic E-state index is 0.0349. The fraction of sp³-hybridized carbons (Fsp3) is 0.778. The van der Waals surface area contributed by atoms with Crippen molar-refractivity contribution in [3.05, 3.63) is 10.1 Å². The maximum absolute atomic E-state index is 10.4. The van der Waals surface area contributed by atoms with Gasteiger partial charge in [-0.3, -0.25) is 0 Å². The van der Waals surface area contributed by atoms with E-state index in [0.29, 0.717) is 6.54 Å². The molecule has 17 heavy (non-hydrogen) atoms. The van der Waals surface area contributed by atoms with E-state index in [1.807, 2.05) is 11.8 Å². The second-order valence-electron chi connectivity index (χ2n) is 3.80. The molecule has 1 aliphatic rings. The van der Waals surface area contributed by atoms with E-state index in [4.69, 9.17) is 4.74 Å². The smallest absolute Gasteiger partial charge is 0.444 e. The van der Waals surface area contributed by atoms with Crippen molar-refractivity contribution >= 4 is 17.7 Å². The Kier molecular flexibility index (Phi) is 3.82. The fourth-order valence-electron chi connectivity index (χ4n) is 1.53. The summed E-state index contributed by atoms with van der Waals surface area (Å²) in [6.07, 6.45) is 2.42. The van der Waals surface area contributed by atoms with E-state index in [1.165, 1.54) is 17.5 Å². The van der Waals surface area contributed by atoms with Crippen LogP contribution in [0, 0.1) is 10.1 Å². The van der Waals surface area contributed by atoms with Crippen molar-refractivity contribution in [2.75, 3.05) is 11.5 Å². The summed E-state index contributed by atoms with van der Waals surface area (Å²) >= 11 is 1.83. The minimum Gasteiger partial charge on any atom is -0.444 e. The first-order chi connectivity index (χ1) is 8.20. The molecule has 0 aromatic carbocycles. The van der Waals surface area contributed by atoms with Crippen molar-refractivity contribution in [2.45, 2.75) is 32.4 Å². The molecule has 8 heteroatoms. The Labute approximate surface area is 103 Å². The van der Waals surface area contributed by atoms with Crippen molar-refractivity contribution < 1.29 is 9.66 Å². The molecule has 1 atom stereocenters. The quantitative estimate of drug-likeness (QED) is 0.436. The summed E-state index contributed by atoms with van der Waals surface area (Å²) in [5.74, 6) is 1.60. The number of rotatable bonds is 6. The zero-order valence-corrected chi connectivity index (χ0v) is 10.4. The Morgan fingerprint density at radius 3 is 3.18 bits per heavy atom. The predicted molar refractivity (Wildman–Crippen MR) is 63.3 cm³/mol. The minimum atomic E-state index is -0.611. The number of ether oxygens (including phenoxy) is 1. The molecular formula is C9H14N4O3S. The molecule has 1 aliphatic heterocycles. The molecule has 0 spiro atoms. The molecule has 1 aromatic rings. The van der Waals surface area contributed by atoms with Gasteiger partial charge in [-0.1, -0.05) is 13.3 Å². The Balaban J connectivity index is 1.81. The van der Waals surface area contributed by atoms with Gasteiger partial charge in [0.15, 0.2) is 0 Å². The number of fused-ring (bicyclic) bond motifs is 1. The van der Waals surface area contributed by atoms with Crippen LogP contribution in [0.2, 0.25) is 0 Å². The Morgan fingerprint density at radius 1 is 1.71 bits per heavy atom. The molecule has 0 N–H and O–H groups in total. The number of nitro groups is 1. The third-order valence-corrected chi connectivity index (χ3v) is 3.57. The van der Waals surface area contributed by atoms with Gasteiger partial charge < -0.3 is 14.9 Å². The number of aromatic nitrogens is 3. The van der Waals surface area contributed by atoms with Gasteiger partial charge in [0.1, 0.15) is 12.6 Å². The van der Waals surface area contributed by atoms with E-state index in [-0.39, 0.29) is 12.1 Å². The predicted octanol–water partition coefficient (Wildman–Crippen LogP) is 1.48. The van der Waals surface area contributed by atoms with Gasteiger partial charge >= 0.3 is 12.0 Å². The molecule has 0 unspecified atom stereocenters. The lowest BCUT2D eigenvalue weighted by molar-refractivity contribution is -0.394. The van der Waals surface area contributed by atoms with Crippen LogP contribution in [0.1, 0.15) is 19.8 Å². The summed E-state index contributed by atoms with van der Waals surface area (Å²) in [7, 11) is 0. The number of thioether (sulfide) groups is 1. The molecule has 2 rings (SSSR count). The lowest BCUT2D eigenvalue weighted by Crippen LogP contribution is -2.18. The average molecular weight is 258 g/mol. The van der Waals surface area contributed by atoms with Crippen LogP contribution in [0.4, 0.5) is 5.95 Å². The van der Waals surface area contributed by atoms with Crippen LogP contribution in [0.5, 0.6) is 6.01 Å². The largest absolute Gasteiger partial charge is 0.494 e. The highest BCUT2D eigenvalue weighted by molar-refractivity contribution is 7.99. The van der Waals surface area contributed by atoms with Crippen LogP contribution in [0.3, 0.4) is 0 Å². The van der Waals surface area contributed by atoms with E-state index in [2.05, 4.69) is 17.0 Å². The maximum atomic E-state index is 10.4. The molecule has 0 fully saturated rings. The third kappa shape index (κ3) is 2.87. The Morgan fingerprint density at radius 2 is 2.53 bits per heavy atom. The van der Waals surface area contributed by atoms with Gasteiger partial charge in [-0.25, -0.2) is 0 Å². The third-order valence-electron chi connectivity index (χ3n) is 2.38. The van der Waals surface area contributed by atoms with Gasteiger partial charge in [0.25, 0.3) is 0 Å². The first-order valence-electron chi connectivity index (χ1n) is 5.54. The zero-order chi connectivity index (χ0) is 12.3. The van der Waals surface area contributed by atoms with Gasteiger partial charge in [0.2, 0.25) is 0 Å². The van der Waals surface area contributed by atoms with Crippen molar-refractivity contribution in [1.29, 1.82) is 0 Å². The monoisotopic (exact) mass is 258 g/mol. The Bertz CT molecular complexity index is 385. The van der Waals surface area contributed by atoms with Gasteiger partial charge in [-0.15, -0.1) is 4.68 Å². The van der Waals surface area contributed by atoms with Gasteiger partial charge in [-0.05, 0) is 22.1 Å². The van der Waals surface area contributed by atoms with Crippen LogP contribution in [0.15, 0.2) is 0 Å². The molecule has 0 saturated heterocycles. The van der Waals surface area contributed by atoms with Gasteiger partial charge in [-0.2, -0.15) is 11.8 Å².